The maximum absolute atomic E-state index is 12.5. The number of nitrogens with zero attached hydrogens (tertiary/aromatic N) is 3. The lowest BCUT2D eigenvalue weighted by atomic mass is 10.2. The Morgan fingerprint density at radius 3 is 2.36 bits per heavy atom. The number of fused-ring (bicyclic) bond motifs is 1. The van der Waals surface area contributed by atoms with Gasteiger partial charge in [0.25, 0.3) is 11.8 Å². The van der Waals surface area contributed by atoms with Crippen molar-refractivity contribution in [2.45, 2.75) is 6.92 Å². The number of anilines is 2. The topological polar surface area (TPSA) is 102 Å². The van der Waals surface area contributed by atoms with Gasteiger partial charge in [-0.15, -0.1) is 0 Å². The van der Waals surface area contributed by atoms with Gasteiger partial charge < -0.3 is 15.1 Å². The lowest BCUT2D eigenvalue weighted by Gasteiger charge is -2.07. The molecule has 8 heteroatoms. The van der Waals surface area contributed by atoms with E-state index in [1.165, 1.54) is 12.5 Å². The summed E-state index contributed by atoms with van der Waals surface area (Å²) in [7, 11) is 1.81. The van der Waals surface area contributed by atoms with Crippen LogP contribution in [0.3, 0.4) is 0 Å². The van der Waals surface area contributed by atoms with Crippen LogP contribution < -0.4 is 10.6 Å². The Balaban J connectivity index is 1.46. The van der Waals surface area contributed by atoms with Crippen molar-refractivity contribution >= 4 is 34.2 Å². The summed E-state index contributed by atoms with van der Waals surface area (Å²) in [6.07, 6.45) is 2.96. The number of benzene rings is 1. The number of rotatable bonds is 4. The molecular weight excluding hydrogens is 358 g/mol. The number of carbonyl (C=O) groups excluding carboxylic acids is 2. The molecule has 28 heavy (non-hydrogen) atoms. The van der Waals surface area contributed by atoms with E-state index in [4.69, 9.17) is 4.42 Å². The molecule has 2 amide bonds. The normalized spacial score (nSPS) is 10.8. The maximum atomic E-state index is 12.5. The summed E-state index contributed by atoms with van der Waals surface area (Å²) in [5.74, 6) is -0.385. The zero-order chi connectivity index (χ0) is 19.7. The molecule has 0 aliphatic heterocycles. The average molecular weight is 375 g/mol. The number of nitrogens with one attached hydrogen (secondary N) is 2. The lowest BCUT2D eigenvalue weighted by molar-refractivity contribution is 0.0994. The Morgan fingerprint density at radius 2 is 1.71 bits per heavy atom. The van der Waals surface area contributed by atoms with E-state index < -0.39 is 0 Å². The number of pyridine rings is 1. The number of hydrogen-bond acceptors (Lipinski definition) is 5. The van der Waals surface area contributed by atoms with Gasteiger partial charge in [-0.2, -0.15) is 5.10 Å². The Labute approximate surface area is 160 Å². The second-order valence-electron chi connectivity index (χ2n) is 6.27. The van der Waals surface area contributed by atoms with E-state index in [1.807, 2.05) is 14.0 Å². The molecule has 8 nitrogen and oxygen atoms in total. The predicted octanol–water partition coefficient (Wildman–Crippen LogP) is 3.37. The molecular formula is C20H17N5O3. The van der Waals surface area contributed by atoms with Gasteiger partial charge >= 0.3 is 0 Å². The van der Waals surface area contributed by atoms with Crippen molar-refractivity contribution < 1.29 is 14.0 Å². The molecule has 0 atom stereocenters. The van der Waals surface area contributed by atoms with E-state index in [1.54, 1.807) is 47.1 Å². The van der Waals surface area contributed by atoms with Crippen LogP contribution in [-0.4, -0.2) is 26.6 Å². The number of aryl methyl sites for hydroxylation is 2. The molecule has 0 spiro atoms. The van der Waals surface area contributed by atoms with Crippen LogP contribution in [0, 0.1) is 6.92 Å². The summed E-state index contributed by atoms with van der Waals surface area (Å²) in [4.78, 5) is 28.8. The molecule has 0 aliphatic carbocycles. The van der Waals surface area contributed by atoms with Gasteiger partial charge in [-0.05, 0) is 49.4 Å². The van der Waals surface area contributed by atoms with Crippen molar-refractivity contribution in [3.05, 3.63) is 71.9 Å². The van der Waals surface area contributed by atoms with Crippen molar-refractivity contribution in [2.24, 2.45) is 7.05 Å². The molecule has 0 fully saturated rings. The smallest absolute Gasteiger partial charge is 0.291 e. The van der Waals surface area contributed by atoms with E-state index in [0.29, 0.717) is 16.9 Å². The summed E-state index contributed by atoms with van der Waals surface area (Å²) in [5, 5.41) is 10.7. The molecule has 140 valence electrons. The molecule has 0 saturated carbocycles. The quantitative estimate of drug-likeness (QED) is 0.569. The van der Waals surface area contributed by atoms with Crippen molar-refractivity contribution in [1.82, 2.24) is 14.8 Å². The monoisotopic (exact) mass is 375 g/mol. The van der Waals surface area contributed by atoms with Crippen LogP contribution in [0.5, 0.6) is 0 Å². The van der Waals surface area contributed by atoms with Crippen LogP contribution >= 0.6 is 0 Å². The highest BCUT2D eigenvalue weighted by atomic mass is 16.3. The largest absolute Gasteiger partial charge is 0.459 e. The Hall–Kier alpha value is -3.94. The molecule has 1 aromatic carbocycles. The highest BCUT2D eigenvalue weighted by Gasteiger charge is 2.13. The first-order valence-electron chi connectivity index (χ1n) is 8.57. The zero-order valence-corrected chi connectivity index (χ0v) is 15.3. The first-order valence-corrected chi connectivity index (χ1v) is 8.57. The van der Waals surface area contributed by atoms with Crippen LogP contribution in [0.15, 0.2) is 59.3 Å². The summed E-state index contributed by atoms with van der Waals surface area (Å²) < 4.78 is 6.73. The third-order valence-corrected chi connectivity index (χ3v) is 4.27. The lowest BCUT2D eigenvalue weighted by Crippen LogP contribution is -2.13. The maximum Gasteiger partial charge on any atom is 0.291 e. The molecule has 0 bridgehead atoms. The number of hydrogen-bond donors (Lipinski definition) is 2. The van der Waals surface area contributed by atoms with Gasteiger partial charge in [-0.1, -0.05) is 0 Å². The summed E-state index contributed by atoms with van der Waals surface area (Å²) in [6, 6.07) is 11.8. The van der Waals surface area contributed by atoms with E-state index in [2.05, 4.69) is 20.7 Å². The standard InChI is InChI=1S/C20H17N5O3/c1-12-16-10-13(11-21-18(16)25(2)24-12)19(26)22-14-5-7-15(8-6-14)23-20(27)17-4-3-9-28-17/h3-11H,1-2H3,(H,22,26)(H,23,27). The summed E-state index contributed by atoms with van der Waals surface area (Å²) >= 11 is 0. The van der Waals surface area contributed by atoms with E-state index >= 15 is 0 Å². The number of carbonyl (C=O) groups is 2. The van der Waals surface area contributed by atoms with E-state index in [-0.39, 0.29) is 17.6 Å². The minimum Gasteiger partial charge on any atom is -0.459 e. The summed E-state index contributed by atoms with van der Waals surface area (Å²) in [5.41, 5.74) is 3.18. The molecule has 4 aromatic rings. The van der Waals surface area contributed by atoms with Crippen molar-refractivity contribution in [3.63, 3.8) is 0 Å². The first-order chi connectivity index (χ1) is 13.5. The van der Waals surface area contributed by atoms with Crippen LogP contribution in [0.4, 0.5) is 11.4 Å². The van der Waals surface area contributed by atoms with Crippen LogP contribution in [-0.2, 0) is 7.05 Å². The Bertz CT molecular complexity index is 1160. The number of aromatic nitrogens is 3. The van der Waals surface area contributed by atoms with Gasteiger partial charge in [-0.3, -0.25) is 14.3 Å². The Kier molecular flexibility index (Phi) is 4.36. The second-order valence-corrected chi connectivity index (χ2v) is 6.27. The van der Waals surface area contributed by atoms with E-state index in [0.717, 1.165) is 16.7 Å². The highest BCUT2D eigenvalue weighted by Crippen LogP contribution is 2.19. The van der Waals surface area contributed by atoms with E-state index in [9.17, 15) is 9.59 Å². The van der Waals surface area contributed by atoms with Gasteiger partial charge in [-0.25, -0.2) is 4.98 Å². The number of amides is 2. The zero-order valence-electron chi connectivity index (χ0n) is 15.3. The minimum atomic E-state index is -0.340. The van der Waals surface area contributed by atoms with Crippen LogP contribution in [0.1, 0.15) is 26.6 Å². The van der Waals surface area contributed by atoms with Crippen molar-refractivity contribution in [3.8, 4) is 0 Å². The molecule has 2 N–H and O–H groups in total. The van der Waals surface area contributed by atoms with Gasteiger partial charge in [0.2, 0.25) is 0 Å². The van der Waals surface area contributed by atoms with Gasteiger partial charge in [0.15, 0.2) is 11.4 Å². The van der Waals surface area contributed by atoms with Gasteiger partial charge in [0.1, 0.15) is 0 Å². The van der Waals surface area contributed by atoms with Crippen LogP contribution in [0.25, 0.3) is 11.0 Å². The Morgan fingerprint density at radius 1 is 1.04 bits per heavy atom. The minimum absolute atomic E-state index is 0.228. The van der Waals surface area contributed by atoms with Gasteiger partial charge in [0.05, 0.1) is 17.5 Å². The SMILES string of the molecule is Cc1nn(C)c2ncc(C(=O)Nc3ccc(NC(=O)c4ccco4)cc3)cc12. The first kappa shape index (κ1) is 17.5. The fourth-order valence-corrected chi connectivity index (χ4v) is 2.87. The fourth-order valence-electron chi connectivity index (χ4n) is 2.87. The molecule has 0 radical (unpaired) electrons. The van der Waals surface area contributed by atoms with Crippen molar-refractivity contribution in [1.29, 1.82) is 0 Å². The number of furan rings is 1. The summed E-state index contributed by atoms with van der Waals surface area (Å²) in [6.45, 7) is 1.88. The third-order valence-electron chi connectivity index (χ3n) is 4.27. The molecule has 0 aliphatic rings. The fraction of sp³-hybridized carbons (Fsp3) is 0.100. The van der Waals surface area contributed by atoms with Crippen LogP contribution in [0.2, 0.25) is 0 Å². The highest BCUT2D eigenvalue weighted by molar-refractivity contribution is 6.06. The molecule has 4 rings (SSSR count). The van der Waals surface area contributed by atoms with Gasteiger partial charge in [0, 0.05) is 30.0 Å². The average Bonchev–Trinajstić information content (AvgIpc) is 3.32. The molecule has 3 heterocycles. The van der Waals surface area contributed by atoms with Crippen molar-refractivity contribution in [2.75, 3.05) is 10.6 Å². The third kappa shape index (κ3) is 3.35. The molecule has 3 aromatic heterocycles. The predicted molar refractivity (Wildman–Crippen MR) is 104 cm³/mol. The molecule has 0 unspecified atom stereocenters. The molecule has 0 saturated heterocycles. The second kappa shape index (κ2) is 6.99.